The molecule has 0 aromatic rings. The topological polar surface area (TPSA) is 43.4 Å². The van der Waals surface area contributed by atoms with Crippen molar-refractivity contribution in [1.82, 2.24) is 0 Å². The number of esters is 1. The van der Waals surface area contributed by atoms with Crippen LogP contribution >= 0.6 is 0 Å². The van der Waals surface area contributed by atoms with Crippen LogP contribution in [0.1, 0.15) is 284 Å². The van der Waals surface area contributed by atoms with Crippen LogP contribution in [-0.4, -0.2) is 18.4 Å². The Kier molecular flexibility index (Phi) is 42.8. The van der Waals surface area contributed by atoms with Gasteiger partial charge in [0.15, 0.2) is 0 Å². The smallest absolute Gasteiger partial charge is 0.316 e. The summed E-state index contributed by atoms with van der Waals surface area (Å²) >= 11 is 0. The molecule has 0 fully saturated rings. The fourth-order valence-electron chi connectivity index (χ4n) is 7.66. The van der Waals surface area contributed by atoms with Gasteiger partial charge in [-0.3, -0.25) is 9.59 Å². The van der Waals surface area contributed by atoms with Crippen molar-refractivity contribution in [2.45, 2.75) is 284 Å². The van der Waals surface area contributed by atoms with E-state index in [2.05, 4.69) is 20.8 Å². The maximum atomic E-state index is 13.3. The van der Waals surface area contributed by atoms with Gasteiger partial charge in [-0.05, 0) is 19.3 Å². The lowest BCUT2D eigenvalue weighted by Crippen LogP contribution is -2.26. The molecule has 0 aromatic heterocycles. The Morgan fingerprint density at radius 3 is 0.902 bits per heavy atom. The molecular formula is C48H94O3. The number of rotatable bonds is 44. The van der Waals surface area contributed by atoms with E-state index in [0.717, 1.165) is 38.5 Å². The summed E-state index contributed by atoms with van der Waals surface area (Å²) in [6.45, 7) is 7.33. The normalized spacial score (nSPS) is 12.1. The van der Waals surface area contributed by atoms with Gasteiger partial charge in [-0.2, -0.15) is 0 Å². The van der Waals surface area contributed by atoms with Gasteiger partial charge in [0.1, 0.15) is 11.7 Å². The van der Waals surface area contributed by atoms with Gasteiger partial charge in [-0.25, -0.2) is 0 Å². The first kappa shape index (κ1) is 50.1. The van der Waals surface area contributed by atoms with Crippen molar-refractivity contribution in [3.05, 3.63) is 0 Å². The van der Waals surface area contributed by atoms with Crippen LogP contribution in [0.15, 0.2) is 0 Å². The van der Waals surface area contributed by atoms with Gasteiger partial charge in [-0.15, -0.1) is 0 Å². The number of hydrogen-bond donors (Lipinski definition) is 0. The molecule has 3 heteroatoms. The number of ketones is 1. The molecule has 0 bridgehead atoms. The second kappa shape index (κ2) is 43.5. The Morgan fingerprint density at radius 2 is 0.588 bits per heavy atom. The molecule has 0 spiro atoms. The van der Waals surface area contributed by atoms with E-state index in [-0.39, 0.29) is 11.8 Å². The number of Topliss-reactive ketones (excluding diaryl/α,β-unsaturated/α-hetero) is 1. The monoisotopic (exact) mass is 719 g/mol. The molecule has 0 aliphatic heterocycles. The molecule has 0 radical (unpaired) electrons. The van der Waals surface area contributed by atoms with Crippen molar-refractivity contribution in [2.24, 2.45) is 5.92 Å². The van der Waals surface area contributed by atoms with Crippen molar-refractivity contribution in [1.29, 1.82) is 0 Å². The highest BCUT2D eigenvalue weighted by molar-refractivity contribution is 5.98. The van der Waals surface area contributed by atoms with Crippen LogP contribution in [-0.2, 0) is 14.3 Å². The van der Waals surface area contributed by atoms with Crippen LogP contribution < -0.4 is 0 Å². The molecule has 0 heterocycles. The van der Waals surface area contributed by atoms with Crippen molar-refractivity contribution in [3.8, 4) is 0 Å². The lowest BCUT2D eigenvalue weighted by Gasteiger charge is -2.15. The second-order valence-corrected chi connectivity index (χ2v) is 16.5. The zero-order valence-corrected chi connectivity index (χ0v) is 35.5. The zero-order chi connectivity index (χ0) is 37.1. The van der Waals surface area contributed by atoms with E-state index in [1.807, 2.05) is 0 Å². The zero-order valence-electron chi connectivity index (χ0n) is 35.5. The summed E-state index contributed by atoms with van der Waals surface area (Å²) in [6, 6.07) is 0. The van der Waals surface area contributed by atoms with E-state index in [0.29, 0.717) is 19.4 Å². The first-order valence-corrected chi connectivity index (χ1v) is 23.9. The highest BCUT2D eigenvalue weighted by atomic mass is 16.5. The Balaban J connectivity index is 4.20. The van der Waals surface area contributed by atoms with Crippen LogP contribution in [0, 0.1) is 5.92 Å². The van der Waals surface area contributed by atoms with Crippen LogP contribution in [0.25, 0.3) is 0 Å². The van der Waals surface area contributed by atoms with E-state index in [1.54, 1.807) is 0 Å². The SMILES string of the molecule is CCCCCCCCCCCCCCCCOC(=O)C(CCCCCCCCCCCCCCCC)C(=O)CCCCCCCCCCCCC. The van der Waals surface area contributed by atoms with Gasteiger partial charge in [-0.1, -0.05) is 258 Å². The molecule has 304 valence electrons. The third-order valence-electron chi connectivity index (χ3n) is 11.3. The highest BCUT2D eigenvalue weighted by Crippen LogP contribution is 2.20. The van der Waals surface area contributed by atoms with Crippen molar-refractivity contribution < 1.29 is 14.3 Å². The number of ether oxygens (including phenoxy) is 1. The van der Waals surface area contributed by atoms with Crippen LogP contribution in [0.5, 0.6) is 0 Å². The summed E-state index contributed by atoms with van der Waals surface area (Å²) in [7, 11) is 0. The third-order valence-corrected chi connectivity index (χ3v) is 11.3. The van der Waals surface area contributed by atoms with Crippen molar-refractivity contribution in [2.75, 3.05) is 6.61 Å². The van der Waals surface area contributed by atoms with Crippen molar-refractivity contribution >= 4 is 11.8 Å². The van der Waals surface area contributed by atoms with Gasteiger partial charge < -0.3 is 4.74 Å². The van der Waals surface area contributed by atoms with Gasteiger partial charge in [0.25, 0.3) is 0 Å². The molecule has 1 atom stereocenters. The average Bonchev–Trinajstić information content (AvgIpc) is 3.13. The second-order valence-electron chi connectivity index (χ2n) is 16.5. The van der Waals surface area contributed by atoms with E-state index in [4.69, 9.17) is 4.74 Å². The largest absolute Gasteiger partial charge is 0.465 e. The van der Waals surface area contributed by atoms with Gasteiger partial charge in [0.05, 0.1) is 6.61 Å². The van der Waals surface area contributed by atoms with Gasteiger partial charge in [0, 0.05) is 6.42 Å². The van der Waals surface area contributed by atoms with Gasteiger partial charge in [0.2, 0.25) is 0 Å². The number of unbranched alkanes of at least 4 members (excludes halogenated alkanes) is 36. The van der Waals surface area contributed by atoms with Crippen LogP contribution in [0.2, 0.25) is 0 Å². The van der Waals surface area contributed by atoms with Gasteiger partial charge >= 0.3 is 5.97 Å². The summed E-state index contributed by atoms with van der Waals surface area (Å²) in [5.74, 6) is -0.615. The quantitative estimate of drug-likeness (QED) is 0.0358. The summed E-state index contributed by atoms with van der Waals surface area (Å²) < 4.78 is 5.75. The first-order valence-electron chi connectivity index (χ1n) is 23.9. The summed E-state index contributed by atoms with van der Waals surface area (Å²) in [6.07, 6.45) is 52.3. The fraction of sp³-hybridized carbons (Fsp3) is 0.958. The molecule has 0 amide bonds. The van der Waals surface area contributed by atoms with E-state index in [1.165, 1.54) is 212 Å². The predicted molar refractivity (Wildman–Crippen MR) is 226 cm³/mol. The predicted octanol–water partition coefficient (Wildman–Crippen LogP) is 16.8. The maximum Gasteiger partial charge on any atom is 0.316 e. The lowest BCUT2D eigenvalue weighted by atomic mass is 9.92. The Labute approximate surface area is 321 Å². The lowest BCUT2D eigenvalue weighted by molar-refractivity contribution is -0.152. The Hall–Kier alpha value is -0.860. The van der Waals surface area contributed by atoms with Crippen molar-refractivity contribution in [3.63, 3.8) is 0 Å². The fourth-order valence-corrected chi connectivity index (χ4v) is 7.66. The number of hydrogen-bond acceptors (Lipinski definition) is 3. The number of carbonyl (C=O) groups excluding carboxylic acids is 2. The molecule has 0 N–H and O–H groups in total. The molecule has 51 heavy (non-hydrogen) atoms. The molecule has 1 unspecified atom stereocenters. The van der Waals surface area contributed by atoms with Crippen LogP contribution in [0.4, 0.5) is 0 Å². The maximum absolute atomic E-state index is 13.3. The van der Waals surface area contributed by atoms with E-state index in [9.17, 15) is 9.59 Å². The average molecular weight is 719 g/mol. The standard InChI is InChI=1S/C48H94O3/c1-4-7-10-13-16-19-22-24-26-29-31-34-37-40-43-46(47(49)44-41-38-35-32-28-21-18-15-12-9-6-3)48(50)51-45-42-39-36-33-30-27-25-23-20-17-14-11-8-5-2/h46H,4-45H2,1-3H3. The molecule has 0 aromatic carbocycles. The minimum atomic E-state index is -0.530. The summed E-state index contributed by atoms with van der Waals surface area (Å²) in [5, 5.41) is 0. The minimum Gasteiger partial charge on any atom is -0.465 e. The van der Waals surface area contributed by atoms with E-state index < -0.39 is 5.92 Å². The summed E-state index contributed by atoms with van der Waals surface area (Å²) in [4.78, 5) is 26.4. The third kappa shape index (κ3) is 38.7. The molecule has 0 rings (SSSR count). The highest BCUT2D eigenvalue weighted by Gasteiger charge is 2.27. The summed E-state index contributed by atoms with van der Waals surface area (Å²) in [5.41, 5.74) is 0. The van der Waals surface area contributed by atoms with Crippen LogP contribution in [0.3, 0.4) is 0 Å². The molecule has 0 saturated carbocycles. The number of carbonyl (C=O) groups is 2. The Bertz CT molecular complexity index is 688. The molecule has 3 nitrogen and oxygen atoms in total. The molecular weight excluding hydrogens is 625 g/mol. The molecule has 0 aliphatic rings. The minimum absolute atomic E-state index is 0.145. The molecule has 0 aliphatic carbocycles. The molecule has 0 saturated heterocycles. The first-order chi connectivity index (χ1) is 25.2. The Morgan fingerprint density at radius 1 is 0.333 bits per heavy atom. The van der Waals surface area contributed by atoms with E-state index >= 15 is 0 Å².